The SMILES string of the molecule is Cc1cc(-c2cccc(C3=Nc4ccc(-c5ccccc5F)cc4NC(=O)C3)c2)ccn1. The molecular formula is C27H20FN3O. The van der Waals surface area contributed by atoms with Crippen molar-refractivity contribution in [2.75, 3.05) is 5.32 Å². The Bertz CT molecular complexity index is 1380. The Labute approximate surface area is 185 Å². The zero-order valence-electron chi connectivity index (χ0n) is 17.5. The fourth-order valence-electron chi connectivity index (χ4n) is 3.90. The topological polar surface area (TPSA) is 54.4 Å². The summed E-state index contributed by atoms with van der Waals surface area (Å²) in [5, 5.41) is 2.92. The first-order valence-corrected chi connectivity index (χ1v) is 10.4. The van der Waals surface area contributed by atoms with Gasteiger partial charge in [0.15, 0.2) is 0 Å². The molecule has 0 saturated heterocycles. The van der Waals surface area contributed by atoms with Gasteiger partial charge < -0.3 is 5.32 Å². The molecule has 0 atom stereocenters. The highest BCUT2D eigenvalue weighted by Crippen LogP contribution is 2.34. The highest BCUT2D eigenvalue weighted by Gasteiger charge is 2.19. The van der Waals surface area contributed by atoms with Crippen LogP contribution in [0.3, 0.4) is 0 Å². The molecule has 5 rings (SSSR count). The molecule has 1 aliphatic heterocycles. The van der Waals surface area contributed by atoms with Crippen LogP contribution in [0.25, 0.3) is 22.3 Å². The van der Waals surface area contributed by atoms with Crippen molar-refractivity contribution in [3.63, 3.8) is 0 Å². The van der Waals surface area contributed by atoms with Crippen molar-refractivity contribution in [1.82, 2.24) is 4.98 Å². The summed E-state index contributed by atoms with van der Waals surface area (Å²) in [6.07, 6.45) is 1.94. The van der Waals surface area contributed by atoms with E-state index in [2.05, 4.69) is 10.3 Å². The van der Waals surface area contributed by atoms with E-state index in [-0.39, 0.29) is 18.1 Å². The van der Waals surface area contributed by atoms with E-state index in [0.717, 1.165) is 22.4 Å². The lowest BCUT2D eigenvalue weighted by Gasteiger charge is -2.09. The van der Waals surface area contributed by atoms with Crippen molar-refractivity contribution in [2.24, 2.45) is 4.99 Å². The summed E-state index contributed by atoms with van der Waals surface area (Å²) in [6.45, 7) is 1.96. The number of rotatable bonds is 3. The Morgan fingerprint density at radius 3 is 2.50 bits per heavy atom. The molecule has 0 bridgehead atoms. The third-order valence-corrected chi connectivity index (χ3v) is 5.46. The Hall–Kier alpha value is -4.12. The molecule has 1 aliphatic rings. The molecule has 0 saturated carbocycles. The minimum absolute atomic E-state index is 0.154. The number of nitrogens with one attached hydrogen (secondary N) is 1. The summed E-state index contributed by atoms with van der Waals surface area (Å²) in [7, 11) is 0. The second kappa shape index (κ2) is 8.19. The molecule has 2 heterocycles. The maximum atomic E-state index is 14.2. The maximum absolute atomic E-state index is 14.2. The number of amides is 1. The molecule has 0 spiro atoms. The molecule has 156 valence electrons. The highest BCUT2D eigenvalue weighted by atomic mass is 19.1. The van der Waals surface area contributed by atoms with Crippen molar-refractivity contribution in [3.05, 3.63) is 102 Å². The molecular weight excluding hydrogens is 401 g/mol. The van der Waals surface area contributed by atoms with Crippen LogP contribution >= 0.6 is 0 Å². The normalized spacial score (nSPS) is 13.1. The van der Waals surface area contributed by atoms with Crippen molar-refractivity contribution < 1.29 is 9.18 Å². The molecule has 0 fully saturated rings. The Balaban J connectivity index is 1.55. The van der Waals surface area contributed by atoms with Crippen LogP contribution in [0.5, 0.6) is 0 Å². The summed E-state index contributed by atoms with van der Waals surface area (Å²) >= 11 is 0. The molecule has 3 aromatic carbocycles. The van der Waals surface area contributed by atoms with E-state index in [0.29, 0.717) is 28.2 Å². The fourth-order valence-corrected chi connectivity index (χ4v) is 3.90. The van der Waals surface area contributed by atoms with Crippen LogP contribution in [0.2, 0.25) is 0 Å². The lowest BCUT2D eigenvalue weighted by molar-refractivity contribution is -0.115. The molecule has 4 nitrogen and oxygen atoms in total. The van der Waals surface area contributed by atoms with Crippen LogP contribution in [-0.2, 0) is 4.79 Å². The molecule has 1 aromatic heterocycles. The van der Waals surface area contributed by atoms with Crippen molar-refractivity contribution >= 4 is 23.0 Å². The number of anilines is 1. The molecule has 5 heteroatoms. The minimum Gasteiger partial charge on any atom is -0.324 e. The Morgan fingerprint density at radius 2 is 1.66 bits per heavy atom. The van der Waals surface area contributed by atoms with Gasteiger partial charge in [0.05, 0.1) is 23.5 Å². The fraction of sp³-hybridized carbons (Fsp3) is 0.0741. The monoisotopic (exact) mass is 421 g/mol. The highest BCUT2D eigenvalue weighted by molar-refractivity contribution is 6.17. The quantitative estimate of drug-likeness (QED) is 0.420. The Kier molecular flexibility index (Phi) is 5.07. The largest absolute Gasteiger partial charge is 0.324 e. The molecule has 4 aromatic rings. The number of halogens is 1. The van der Waals surface area contributed by atoms with E-state index in [1.54, 1.807) is 30.5 Å². The number of hydrogen-bond acceptors (Lipinski definition) is 3. The first-order valence-electron chi connectivity index (χ1n) is 10.4. The van der Waals surface area contributed by atoms with Gasteiger partial charge in [-0.3, -0.25) is 14.8 Å². The number of hydrogen-bond donors (Lipinski definition) is 1. The van der Waals surface area contributed by atoms with Gasteiger partial charge in [-0.15, -0.1) is 0 Å². The van der Waals surface area contributed by atoms with E-state index in [1.807, 2.05) is 55.5 Å². The predicted molar refractivity (Wildman–Crippen MR) is 126 cm³/mol. The summed E-state index contributed by atoms with van der Waals surface area (Å²) in [5.41, 5.74) is 7.02. The first-order chi connectivity index (χ1) is 15.6. The third kappa shape index (κ3) is 3.93. The van der Waals surface area contributed by atoms with Crippen molar-refractivity contribution in [3.8, 4) is 22.3 Å². The Morgan fingerprint density at radius 1 is 0.844 bits per heavy atom. The van der Waals surface area contributed by atoms with Crippen molar-refractivity contribution in [1.29, 1.82) is 0 Å². The van der Waals surface area contributed by atoms with Crippen LogP contribution in [0.15, 0.2) is 90.1 Å². The van der Waals surface area contributed by atoms with Crippen LogP contribution in [0, 0.1) is 12.7 Å². The average Bonchev–Trinajstić information content (AvgIpc) is 2.97. The summed E-state index contributed by atoms with van der Waals surface area (Å²) in [5.74, 6) is -0.460. The van der Waals surface area contributed by atoms with Gasteiger partial charge in [0.2, 0.25) is 5.91 Å². The van der Waals surface area contributed by atoms with Crippen LogP contribution in [0.4, 0.5) is 15.8 Å². The molecule has 1 N–H and O–H groups in total. The molecule has 0 unspecified atom stereocenters. The van der Waals surface area contributed by atoms with E-state index < -0.39 is 0 Å². The van der Waals surface area contributed by atoms with E-state index in [4.69, 9.17) is 4.99 Å². The zero-order valence-corrected chi connectivity index (χ0v) is 17.5. The van der Waals surface area contributed by atoms with E-state index in [1.165, 1.54) is 6.07 Å². The average molecular weight is 421 g/mol. The smallest absolute Gasteiger partial charge is 0.230 e. The first kappa shape index (κ1) is 19.8. The van der Waals surface area contributed by atoms with Gasteiger partial charge in [-0.25, -0.2) is 4.39 Å². The molecule has 0 radical (unpaired) electrons. The summed E-state index contributed by atoms with van der Waals surface area (Å²) in [4.78, 5) is 21.7. The summed E-state index contributed by atoms with van der Waals surface area (Å²) < 4.78 is 14.2. The van der Waals surface area contributed by atoms with Crippen LogP contribution in [-0.4, -0.2) is 16.6 Å². The lowest BCUT2D eigenvalue weighted by Crippen LogP contribution is -2.15. The van der Waals surface area contributed by atoms with Gasteiger partial charge >= 0.3 is 0 Å². The number of carbonyl (C=O) groups is 1. The van der Waals surface area contributed by atoms with Crippen LogP contribution < -0.4 is 5.32 Å². The maximum Gasteiger partial charge on any atom is 0.230 e. The van der Waals surface area contributed by atoms with Gasteiger partial charge in [-0.2, -0.15) is 0 Å². The number of carbonyl (C=O) groups excluding carboxylic acids is 1. The molecule has 0 aliphatic carbocycles. The second-order valence-electron chi connectivity index (χ2n) is 7.76. The number of benzene rings is 3. The van der Waals surface area contributed by atoms with Gasteiger partial charge in [-0.05, 0) is 65.6 Å². The number of aryl methyl sites for hydroxylation is 1. The number of pyridine rings is 1. The van der Waals surface area contributed by atoms with Gasteiger partial charge in [0.1, 0.15) is 5.82 Å². The molecule has 1 amide bonds. The van der Waals surface area contributed by atoms with Crippen LogP contribution in [0.1, 0.15) is 17.7 Å². The third-order valence-electron chi connectivity index (χ3n) is 5.46. The van der Waals surface area contributed by atoms with Crippen molar-refractivity contribution in [2.45, 2.75) is 13.3 Å². The van der Waals surface area contributed by atoms with Gasteiger partial charge in [0.25, 0.3) is 0 Å². The predicted octanol–water partition coefficient (Wildman–Crippen LogP) is 6.33. The zero-order chi connectivity index (χ0) is 22.1. The second-order valence-corrected chi connectivity index (χ2v) is 7.76. The standard InChI is InChI=1S/C27H20FN3O/c1-17-13-19(11-12-29-17)18-5-4-6-21(14-18)25-16-27(32)31-26-15-20(9-10-24(26)30-25)22-7-2-3-8-23(22)28/h2-15H,16H2,1H3,(H,31,32). The van der Waals surface area contributed by atoms with Gasteiger partial charge in [-0.1, -0.05) is 42.5 Å². The van der Waals surface area contributed by atoms with E-state index in [9.17, 15) is 9.18 Å². The minimum atomic E-state index is -0.306. The lowest BCUT2D eigenvalue weighted by atomic mass is 10.00. The number of nitrogens with zero attached hydrogens (tertiary/aromatic N) is 2. The van der Waals surface area contributed by atoms with Gasteiger partial charge in [0, 0.05) is 17.5 Å². The number of aromatic nitrogens is 1. The molecule has 32 heavy (non-hydrogen) atoms. The number of aliphatic imine (C=N–C) groups is 1. The number of fused-ring (bicyclic) bond motifs is 1. The van der Waals surface area contributed by atoms with E-state index >= 15 is 0 Å². The summed E-state index contributed by atoms with van der Waals surface area (Å²) in [6, 6.07) is 24.0.